The van der Waals surface area contributed by atoms with Crippen molar-refractivity contribution in [2.24, 2.45) is 11.7 Å². The van der Waals surface area contributed by atoms with Gasteiger partial charge in [-0.15, -0.1) is 0 Å². The number of ether oxygens (including phenoxy) is 2. The van der Waals surface area contributed by atoms with Gasteiger partial charge >= 0.3 is 0 Å². The minimum absolute atomic E-state index is 0.0185. The van der Waals surface area contributed by atoms with E-state index in [9.17, 15) is 4.79 Å². The van der Waals surface area contributed by atoms with Crippen molar-refractivity contribution in [3.63, 3.8) is 0 Å². The van der Waals surface area contributed by atoms with Crippen molar-refractivity contribution in [3.8, 4) is 0 Å². The first-order valence-electron chi connectivity index (χ1n) is 5.92. The van der Waals surface area contributed by atoms with Crippen molar-refractivity contribution in [1.29, 1.82) is 0 Å². The molecule has 2 saturated heterocycles. The Hall–Kier alpha value is -0.650. The molecule has 92 valence electrons. The van der Waals surface area contributed by atoms with Crippen LogP contribution >= 0.6 is 0 Å². The zero-order chi connectivity index (χ0) is 11.5. The number of rotatable bonds is 2. The molecular weight excluding hydrogens is 208 g/mol. The van der Waals surface area contributed by atoms with Gasteiger partial charge < -0.3 is 20.1 Å². The minimum atomic E-state index is -0.0185. The Bertz CT molecular complexity index is 254. The Balaban J connectivity index is 1.94. The van der Waals surface area contributed by atoms with E-state index in [0.717, 1.165) is 6.42 Å². The average Bonchev–Trinajstić information content (AvgIpc) is 2.80. The summed E-state index contributed by atoms with van der Waals surface area (Å²) in [6.45, 7) is 5.01. The van der Waals surface area contributed by atoms with Gasteiger partial charge in [0.2, 0.25) is 5.91 Å². The van der Waals surface area contributed by atoms with Crippen LogP contribution in [0.25, 0.3) is 0 Å². The van der Waals surface area contributed by atoms with Gasteiger partial charge in [0.25, 0.3) is 0 Å². The van der Waals surface area contributed by atoms with E-state index in [0.29, 0.717) is 32.8 Å². The van der Waals surface area contributed by atoms with Crippen molar-refractivity contribution in [2.45, 2.75) is 25.6 Å². The molecule has 0 aromatic heterocycles. The second-order valence-electron chi connectivity index (χ2n) is 4.61. The lowest BCUT2D eigenvalue weighted by Gasteiger charge is -2.37. The third-order valence-electron chi connectivity index (χ3n) is 3.18. The largest absolute Gasteiger partial charge is 0.381 e. The molecule has 0 aliphatic carbocycles. The Morgan fingerprint density at radius 3 is 2.94 bits per heavy atom. The molecule has 2 fully saturated rings. The SMILES string of the molecule is CC1CN(C(=O)C2CCOC2)CC(CN)O1. The van der Waals surface area contributed by atoms with Crippen LogP contribution in [0.2, 0.25) is 0 Å². The van der Waals surface area contributed by atoms with E-state index in [1.54, 1.807) is 0 Å². The second kappa shape index (κ2) is 5.12. The summed E-state index contributed by atoms with van der Waals surface area (Å²) >= 11 is 0. The zero-order valence-corrected chi connectivity index (χ0v) is 9.72. The number of carbonyl (C=O) groups is 1. The standard InChI is InChI=1S/C11H20N2O3/c1-8-5-13(6-10(4-12)16-8)11(14)9-2-3-15-7-9/h8-10H,2-7,12H2,1H3. The van der Waals surface area contributed by atoms with Gasteiger partial charge in [-0.05, 0) is 13.3 Å². The number of hydrogen-bond acceptors (Lipinski definition) is 4. The summed E-state index contributed by atoms with van der Waals surface area (Å²) in [4.78, 5) is 14.0. The molecule has 0 bridgehead atoms. The highest BCUT2D eigenvalue weighted by Crippen LogP contribution is 2.19. The van der Waals surface area contributed by atoms with Crippen molar-refractivity contribution in [1.82, 2.24) is 4.90 Å². The predicted molar refractivity (Wildman–Crippen MR) is 58.9 cm³/mol. The summed E-state index contributed by atoms with van der Waals surface area (Å²) in [7, 11) is 0. The fraction of sp³-hybridized carbons (Fsp3) is 0.909. The van der Waals surface area contributed by atoms with Gasteiger partial charge in [0.1, 0.15) is 0 Å². The summed E-state index contributed by atoms with van der Waals surface area (Å²) in [5, 5.41) is 0. The van der Waals surface area contributed by atoms with Gasteiger partial charge in [-0.1, -0.05) is 0 Å². The van der Waals surface area contributed by atoms with Gasteiger partial charge in [0.05, 0.1) is 24.7 Å². The van der Waals surface area contributed by atoms with Crippen molar-refractivity contribution in [3.05, 3.63) is 0 Å². The summed E-state index contributed by atoms with van der Waals surface area (Å²) < 4.78 is 10.9. The quantitative estimate of drug-likeness (QED) is 0.698. The minimum Gasteiger partial charge on any atom is -0.381 e. The molecule has 16 heavy (non-hydrogen) atoms. The van der Waals surface area contributed by atoms with Crippen LogP contribution in [-0.4, -0.2) is 55.9 Å². The number of morpholine rings is 1. The van der Waals surface area contributed by atoms with Crippen LogP contribution in [0.5, 0.6) is 0 Å². The number of hydrogen-bond donors (Lipinski definition) is 1. The third-order valence-corrected chi connectivity index (χ3v) is 3.18. The number of carbonyl (C=O) groups excluding carboxylic acids is 1. The van der Waals surface area contributed by atoms with Crippen LogP contribution in [-0.2, 0) is 14.3 Å². The van der Waals surface area contributed by atoms with E-state index in [2.05, 4.69) is 0 Å². The lowest BCUT2D eigenvalue weighted by atomic mass is 10.1. The van der Waals surface area contributed by atoms with Gasteiger partial charge in [-0.3, -0.25) is 4.79 Å². The van der Waals surface area contributed by atoms with Gasteiger partial charge in [0.15, 0.2) is 0 Å². The van der Waals surface area contributed by atoms with Gasteiger partial charge in [0, 0.05) is 26.2 Å². The lowest BCUT2D eigenvalue weighted by Crippen LogP contribution is -2.52. The summed E-state index contributed by atoms with van der Waals surface area (Å²) in [6.07, 6.45) is 0.904. The monoisotopic (exact) mass is 228 g/mol. The molecule has 2 aliphatic heterocycles. The van der Waals surface area contributed by atoms with Crippen LogP contribution in [0.1, 0.15) is 13.3 Å². The topological polar surface area (TPSA) is 64.8 Å². The van der Waals surface area contributed by atoms with Crippen LogP contribution < -0.4 is 5.73 Å². The fourth-order valence-corrected chi connectivity index (χ4v) is 2.34. The van der Waals surface area contributed by atoms with E-state index in [1.807, 2.05) is 11.8 Å². The first kappa shape index (κ1) is 11.8. The normalized spacial score (nSPS) is 35.4. The summed E-state index contributed by atoms with van der Waals surface area (Å²) in [5.41, 5.74) is 5.59. The molecule has 0 spiro atoms. The third kappa shape index (κ3) is 2.53. The average molecular weight is 228 g/mol. The maximum absolute atomic E-state index is 12.2. The smallest absolute Gasteiger partial charge is 0.228 e. The lowest BCUT2D eigenvalue weighted by molar-refractivity contribution is -0.147. The van der Waals surface area contributed by atoms with Crippen molar-refractivity contribution in [2.75, 3.05) is 32.8 Å². The molecule has 1 amide bonds. The number of nitrogens with two attached hydrogens (primary N) is 1. The molecule has 0 aromatic carbocycles. The molecule has 5 nitrogen and oxygen atoms in total. The van der Waals surface area contributed by atoms with E-state index in [-0.39, 0.29) is 24.0 Å². The van der Waals surface area contributed by atoms with Crippen molar-refractivity contribution < 1.29 is 14.3 Å². The van der Waals surface area contributed by atoms with E-state index in [4.69, 9.17) is 15.2 Å². The molecule has 2 heterocycles. The molecule has 3 unspecified atom stereocenters. The first-order chi connectivity index (χ1) is 7.70. The van der Waals surface area contributed by atoms with Crippen LogP contribution in [0.4, 0.5) is 0 Å². The molecule has 3 atom stereocenters. The molecule has 2 N–H and O–H groups in total. The highest BCUT2D eigenvalue weighted by molar-refractivity contribution is 5.79. The second-order valence-corrected chi connectivity index (χ2v) is 4.61. The highest BCUT2D eigenvalue weighted by Gasteiger charge is 2.33. The van der Waals surface area contributed by atoms with E-state index >= 15 is 0 Å². The summed E-state index contributed by atoms with van der Waals surface area (Å²) in [6, 6.07) is 0. The predicted octanol–water partition coefficient (Wildman–Crippen LogP) is -0.402. The van der Waals surface area contributed by atoms with E-state index < -0.39 is 0 Å². The molecule has 2 aliphatic rings. The number of amides is 1. The van der Waals surface area contributed by atoms with Crippen LogP contribution in [0.15, 0.2) is 0 Å². The molecule has 2 rings (SSSR count). The van der Waals surface area contributed by atoms with Gasteiger partial charge in [-0.2, -0.15) is 0 Å². The van der Waals surface area contributed by atoms with Crippen LogP contribution in [0, 0.1) is 5.92 Å². The maximum Gasteiger partial charge on any atom is 0.228 e. The zero-order valence-electron chi connectivity index (χ0n) is 9.72. The molecular formula is C11H20N2O3. The number of nitrogens with zero attached hydrogens (tertiary/aromatic N) is 1. The van der Waals surface area contributed by atoms with Crippen molar-refractivity contribution >= 4 is 5.91 Å². The molecule has 0 saturated carbocycles. The molecule has 0 aromatic rings. The van der Waals surface area contributed by atoms with Crippen LogP contribution in [0.3, 0.4) is 0 Å². The summed E-state index contributed by atoms with van der Waals surface area (Å²) in [5.74, 6) is 0.245. The Kier molecular flexibility index (Phi) is 3.78. The van der Waals surface area contributed by atoms with E-state index in [1.165, 1.54) is 0 Å². The highest BCUT2D eigenvalue weighted by atomic mass is 16.5. The fourth-order valence-electron chi connectivity index (χ4n) is 2.34. The Morgan fingerprint density at radius 1 is 1.50 bits per heavy atom. The Morgan fingerprint density at radius 2 is 2.31 bits per heavy atom. The first-order valence-corrected chi connectivity index (χ1v) is 5.92. The molecule has 5 heteroatoms. The Labute approximate surface area is 95.9 Å². The van der Waals surface area contributed by atoms with Gasteiger partial charge in [-0.25, -0.2) is 0 Å². The maximum atomic E-state index is 12.2. The molecule has 0 radical (unpaired) electrons.